The predicted octanol–water partition coefficient (Wildman–Crippen LogP) is 5.92. The van der Waals surface area contributed by atoms with Crippen LogP contribution < -0.4 is 0 Å². The van der Waals surface area contributed by atoms with Crippen LogP contribution in [0.25, 0.3) is 22.5 Å². The van der Waals surface area contributed by atoms with Crippen LogP contribution in [0.2, 0.25) is 0 Å². The molecule has 3 aromatic carbocycles. The largest absolute Gasteiger partial charge is 0.250 e. The molecule has 0 atom stereocenters. The topological polar surface area (TPSA) is 46.0 Å². The molecule has 0 unspecified atom stereocenters. The minimum Gasteiger partial charge on any atom is -0.250 e. The van der Waals surface area contributed by atoms with Gasteiger partial charge >= 0.3 is 0 Å². The van der Waals surface area contributed by atoms with Gasteiger partial charge < -0.3 is 0 Å². The van der Waals surface area contributed by atoms with Gasteiger partial charge in [0.25, 0.3) is 0 Å². The fourth-order valence-corrected chi connectivity index (χ4v) is 3.37. The van der Waals surface area contributed by atoms with Gasteiger partial charge in [-0.25, -0.2) is 5.10 Å². The number of H-pyrrole nitrogens is 1. The molecule has 0 fully saturated rings. The lowest BCUT2D eigenvalue weighted by molar-refractivity contribution is 0.871. The Kier molecular flexibility index (Phi) is 5.09. The summed E-state index contributed by atoms with van der Waals surface area (Å²) >= 11 is 8.88. The zero-order valence-electron chi connectivity index (χ0n) is 14.2. The summed E-state index contributed by atoms with van der Waals surface area (Å²) in [4.78, 5) is 0. The molecule has 0 bridgehead atoms. The lowest BCUT2D eigenvalue weighted by Crippen LogP contribution is -1.95. The molecule has 0 saturated carbocycles. The van der Waals surface area contributed by atoms with Crippen molar-refractivity contribution in [3.05, 3.63) is 93.7 Å². The SMILES string of the molecule is S=c1[nH]nc(-c2ccccc2Br)n1/N=C\c1ccc(-c2ccccc2)cc1. The summed E-state index contributed by atoms with van der Waals surface area (Å²) in [7, 11) is 0. The summed E-state index contributed by atoms with van der Waals surface area (Å²) in [5, 5.41) is 11.7. The van der Waals surface area contributed by atoms with E-state index >= 15 is 0 Å². The van der Waals surface area contributed by atoms with Crippen molar-refractivity contribution >= 4 is 34.4 Å². The molecule has 0 spiro atoms. The van der Waals surface area contributed by atoms with Gasteiger partial charge in [-0.05, 0) is 41.0 Å². The van der Waals surface area contributed by atoms with E-state index in [2.05, 4.69) is 55.5 Å². The number of halogens is 1. The first-order valence-corrected chi connectivity index (χ1v) is 9.55. The van der Waals surface area contributed by atoms with Crippen molar-refractivity contribution in [2.75, 3.05) is 0 Å². The number of rotatable bonds is 4. The summed E-state index contributed by atoms with van der Waals surface area (Å²) in [5.74, 6) is 0.657. The van der Waals surface area contributed by atoms with Crippen LogP contribution in [0.5, 0.6) is 0 Å². The Hall–Kier alpha value is -2.83. The molecule has 132 valence electrons. The van der Waals surface area contributed by atoms with Gasteiger partial charge in [0.1, 0.15) is 0 Å². The molecule has 0 aliphatic heterocycles. The van der Waals surface area contributed by atoms with Gasteiger partial charge in [0.05, 0.1) is 6.21 Å². The maximum absolute atomic E-state index is 5.33. The Morgan fingerprint density at radius 2 is 1.56 bits per heavy atom. The van der Waals surface area contributed by atoms with Crippen molar-refractivity contribution in [2.45, 2.75) is 0 Å². The van der Waals surface area contributed by atoms with E-state index in [4.69, 9.17) is 12.2 Å². The van der Waals surface area contributed by atoms with Crippen molar-refractivity contribution < 1.29 is 0 Å². The van der Waals surface area contributed by atoms with E-state index < -0.39 is 0 Å². The van der Waals surface area contributed by atoms with Crippen LogP contribution in [0.3, 0.4) is 0 Å². The van der Waals surface area contributed by atoms with Gasteiger partial charge in [0.15, 0.2) is 5.82 Å². The van der Waals surface area contributed by atoms with Gasteiger partial charge in [-0.3, -0.25) is 0 Å². The van der Waals surface area contributed by atoms with Crippen LogP contribution in [0.1, 0.15) is 5.56 Å². The van der Waals surface area contributed by atoms with Crippen LogP contribution in [-0.4, -0.2) is 21.1 Å². The average molecular weight is 435 g/mol. The number of hydrogen-bond donors (Lipinski definition) is 1. The highest BCUT2D eigenvalue weighted by molar-refractivity contribution is 9.10. The Morgan fingerprint density at radius 1 is 0.889 bits per heavy atom. The minimum atomic E-state index is 0.443. The highest BCUT2D eigenvalue weighted by atomic mass is 79.9. The second kappa shape index (κ2) is 7.82. The van der Waals surface area contributed by atoms with Gasteiger partial charge in [-0.15, -0.1) is 0 Å². The van der Waals surface area contributed by atoms with Crippen LogP contribution >= 0.6 is 28.1 Å². The molecule has 0 aliphatic rings. The first-order valence-electron chi connectivity index (χ1n) is 8.34. The molecule has 27 heavy (non-hydrogen) atoms. The molecule has 0 amide bonds. The maximum atomic E-state index is 5.33. The zero-order chi connectivity index (χ0) is 18.6. The molecule has 0 radical (unpaired) electrons. The normalized spacial score (nSPS) is 11.1. The predicted molar refractivity (Wildman–Crippen MR) is 115 cm³/mol. The first-order chi connectivity index (χ1) is 13.2. The molecule has 1 heterocycles. The molecule has 4 nitrogen and oxygen atoms in total. The molecular formula is C21H15BrN4S. The second-order valence-corrected chi connectivity index (χ2v) is 7.12. The monoisotopic (exact) mass is 434 g/mol. The van der Waals surface area contributed by atoms with Gasteiger partial charge in [-0.1, -0.05) is 82.7 Å². The van der Waals surface area contributed by atoms with Crippen LogP contribution in [0, 0.1) is 4.77 Å². The summed E-state index contributed by atoms with van der Waals surface area (Å²) in [5.41, 5.74) is 4.26. The van der Waals surface area contributed by atoms with Crippen molar-refractivity contribution in [2.24, 2.45) is 5.10 Å². The summed E-state index contributed by atoms with van der Waals surface area (Å²) in [6.45, 7) is 0. The number of nitrogens with one attached hydrogen (secondary N) is 1. The van der Waals surface area contributed by atoms with Gasteiger partial charge in [-0.2, -0.15) is 14.9 Å². The zero-order valence-corrected chi connectivity index (χ0v) is 16.6. The fourth-order valence-electron chi connectivity index (χ4n) is 2.73. The molecule has 0 saturated heterocycles. The van der Waals surface area contributed by atoms with E-state index in [1.807, 2.05) is 54.6 Å². The number of benzene rings is 3. The lowest BCUT2D eigenvalue weighted by Gasteiger charge is -2.04. The van der Waals surface area contributed by atoms with Crippen LogP contribution in [-0.2, 0) is 0 Å². The maximum Gasteiger partial charge on any atom is 0.216 e. The highest BCUT2D eigenvalue weighted by Crippen LogP contribution is 2.26. The molecule has 0 aliphatic carbocycles. The number of hydrogen-bond acceptors (Lipinski definition) is 3. The number of aromatic amines is 1. The van der Waals surface area contributed by atoms with E-state index in [9.17, 15) is 0 Å². The lowest BCUT2D eigenvalue weighted by atomic mass is 10.0. The Bertz CT molecular complexity index is 1140. The molecule has 1 N–H and O–H groups in total. The smallest absolute Gasteiger partial charge is 0.216 e. The molecule has 1 aromatic heterocycles. The second-order valence-electron chi connectivity index (χ2n) is 5.88. The van der Waals surface area contributed by atoms with Crippen LogP contribution in [0.4, 0.5) is 0 Å². The van der Waals surface area contributed by atoms with E-state index in [-0.39, 0.29) is 0 Å². The van der Waals surface area contributed by atoms with E-state index in [0.29, 0.717) is 10.6 Å². The van der Waals surface area contributed by atoms with Gasteiger partial charge in [0, 0.05) is 10.0 Å². The molecular weight excluding hydrogens is 420 g/mol. The third-order valence-electron chi connectivity index (χ3n) is 4.11. The highest BCUT2D eigenvalue weighted by Gasteiger charge is 2.10. The van der Waals surface area contributed by atoms with E-state index in [1.165, 1.54) is 11.1 Å². The van der Waals surface area contributed by atoms with Crippen LogP contribution in [0.15, 0.2) is 88.4 Å². The quantitative estimate of drug-likeness (QED) is 0.320. The third-order valence-corrected chi connectivity index (χ3v) is 5.06. The summed E-state index contributed by atoms with van der Waals surface area (Å²) in [6.07, 6.45) is 1.78. The average Bonchev–Trinajstić information content (AvgIpc) is 3.08. The summed E-state index contributed by atoms with van der Waals surface area (Å²) < 4.78 is 3.00. The standard InChI is InChI=1S/C21H15BrN4S/c22-19-9-5-4-8-18(19)20-24-25-21(27)26(20)23-14-15-10-12-17(13-11-15)16-6-2-1-3-7-16/h1-14H,(H,25,27)/b23-14-. The van der Waals surface area contributed by atoms with Crippen molar-refractivity contribution in [3.8, 4) is 22.5 Å². The van der Waals surface area contributed by atoms with Crippen molar-refractivity contribution in [1.29, 1.82) is 0 Å². The van der Waals surface area contributed by atoms with Gasteiger partial charge in [0.2, 0.25) is 4.77 Å². The third kappa shape index (κ3) is 3.82. The Balaban J connectivity index is 1.64. The Morgan fingerprint density at radius 3 is 2.30 bits per heavy atom. The molecule has 4 rings (SSSR count). The molecule has 6 heteroatoms. The van der Waals surface area contributed by atoms with E-state index in [1.54, 1.807) is 10.9 Å². The Labute approximate surface area is 170 Å². The minimum absolute atomic E-state index is 0.443. The number of aromatic nitrogens is 3. The van der Waals surface area contributed by atoms with Crippen molar-refractivity contribution in [3.63, 3.8) is 0 Å². The molecule has 4 aromatic rings. The summed E-state index contributed by atoms with van der Waals surface area (Å²) in [6, 6.07) is 26.4. The van der Waals surface area contributed by atoms with E-state index in [0.717, 1.165) is 15.6 Å². The first kappa shape index (κ1) is 17.6. The number of nitrogens with zero attached hydrogens (tertiary/aromatic N) is 3. The van der Waals surface area contributed by atoms with Crippen molar-refractivity contribution in [1.82, 2.24) is 14.9 Å². The fraction of sp³-hybridized carbons (Fsp3) is 0.